The third kappa shape index (κ3) is 1.61. The van der Waals surface area contributed by atoms with Crippen molar-refractivity contribution in [2.45, 2.75) is 51.6 Å². The maximum absolute atomic E-state index is 5.54. The zero-order valence-corrected chi connectivity index (χ0v) is 9.55. The highest BCUT2D eigenvalue weighted by molar-refractivity contribution is 5.27. The van der Waals surface area contributed by atoms with Crippen molar-refractivity contribution in [2.24, 2.45) is 5.41 Å². The number of rotatable bonds is 2. The van der Waals surface area contributed by atoms with Crippen molar-refractivity contribution in [3.63, 3.8) is 0 Å². The first kappa shape index (κ1) is 9.46. The Morgan fingerprint density at radius 1 is 1.40 bits per heavy atom. The van der Waals surface area contributed by atoms with E-state index in [0.29, 0.717) is 11.5 Å². The number of hydrogen-bond acceptors (Lipinski definition) is 2. The summed E-state index contributed by atoms with van der Waals surface area (Å²) >= 11 is 0. The molecule has 15 heavy (non-hydrogen) atoms. The van der Waals surface area contributed by atoms with Gasteiger partial charge in [0.1, 0.15) is 5.76 Å². The van der Waals surface area contributed by atoms with E-state index in [1.54, 1.807) is 0 Å². The summed E-state index contributed by atoms with van der Waals surface area (Å²) < 4.78 is 5.54. The van der Waals surface area contributed by atoms with Gasteiger partial charge in [-0.05, 0) is 30.7 Å². The van der Waals surface area contributed by atoms with Gasteiger partial charge in [0.2, 0.25) is 0 Å². The van der Waals surface area contributed by atoms with Crippen LogP contribution in [0.4, 0.5) is 0 Å². The predicted molar refractivity (Wildman–Crippen MR) is 59.7 cm³/mol. The van der Waals surface area contributed by atoms with Crippen LogP contribution in [0.25, 0.3) is 0 Å². The van der Waals surface area contributed by atoms with Crippen molar-refractivity contribution in [3.05, 3.63) is 23.7 Å². The van der Waals surface area contributed by atoms with Crippen LogP contribution in [0.2, 0.25) is 0 Å². The highest BCUT2D eigenvalue weighted by atomic mass is 16.3. The van der Waals surface area contributed by atoms with E-state index in [2.05, 4.69) is 25.2 Å². The molecule has 1 aromatic heterocycles. The van der Waals surface area contributed by atoms with Gasteiger partial charge in [-0.15, -0.1) is 0 Å². The fourth-order valence-corrected chi connectivity index (χ4v) is 2.61. The Bertz CT molecular complexity index is 362. The fraction of sp³-hybridized carbons (Fsp3) is 0.692. The fourth-order valence-electron chi connectivity index (χ4n) is 2.61. The lowest BCUT2D eigenvalue weighted by atomic mass is 9.72. The van der Waals surface area contributed by atoms with Crippen molar-refractivity contribution in [1.29, 1.82) is 0 Å². The molecule has 1 N–H and O–H groups in total. The van der Waals surface area contributed by atoms with Crippen LogP contribution in [0.15, 0.2) is 16.7 Å². The molecule has 2 aliphatic rings. The molecule has 1 aromatic rings. The van der Waals surface area contributed by atoms with E-state index in [9.17, 15) is 0 Å². The number of furan rings is 1. The minimum Gasteiger partial charge on any atom is -0.469 e. The molecule has 3 rings (SSSR count). The highest BCUT2D eigenvalue weighted by Gasteiger charge is 2.39. The van der Waals surface area contributed by atoms with E-state index in [1.165, 1.54) is 30.6 Å². The summed E-state index contributed by atoms with van der Waals surface area (Å²) in [6.07, 6.45) is 6.85. The van der Waals surface area contributed by atoms with E-state index >= 15 is 0 Å². The largest absolute Gasteiger partial charge is 0.469 e. The molecule has 0 aromatic carbocycles. The lowest BCUT2D eigenvalue weighted by Crippen LogP contribution is -2.38. The first-order valence-electron chi connectivity index (χ1n) is 5.99. The van der Waals surface area contributed by atoms with Gasteiger partial charge in [0.05, 0.1) is 6.26 Å². The lowest BCUT2D eigenvalue weighted by molar-refractivity contribution is 0.197. The first-order chi connectivity index (χ1) is 7.17. The van der Waals surface area contributed by atoms with Gasteiger partial charge in [-0.25, -0.2) is 0 Å². The summed E-state index contributed by atoms with van der Waals surface area (Å²) in [6.45, 7) is 4.73. The Labute approximate surface area is 91.0 Å². The van der Waals surface area contributed by atoms with Crippen molar-refractivity contribution in [2.75, 3.05) is 0 Å². The molecule has 1 fully saturated rings. The second kappa shape index (κ2) is 3.11. The molecule has 0 saturated heterocycles. The maximum Gasteiger partial charge on any atom is 0.108 e. The molecule has 82 valence electrons. The SMILES string of the molecule is CC1(C)CCc2occc2C1NC1CC1. The molecular formula is C13H19NO. The van der Waals surface area contributed by atoms with Crippen LogP contribution in [0, 0.1) is 5.41 Å². The standard InChI is InChI=1S/C13H19NO/c1-13(2)7-5-11-10(6-8-15-11)12(13)14-9-3-4-9/h6,8-9,12,14H,3-5,7H2,1-2H3. The Morgan fingerprint density at radius 2 is 2.20 bits per heavy atom. The molecule has 0 spiro atoms. The maximum atomic E-state index is 5.54. The number of aryl methyl sites for hydroxylation is 1. The Kier molecular flexibility index (Phi) is 1.96. The van der Waals surface area contributed by atoms with Crippen LogP contribution in [0.3, 0.4) is 0 Å². The van der Waals surface area contributed by atoms with E-state index < -0.39 is 0 Å². The molecule has 1 saturated carbocycles. The Balaban J connectivity index is 1.92. The molecular weight excluding hydrogens is 186 g/mol. The van der Waals surface area contributed by atoms with Crippen molar-refractivity contribution in [1.82, 2.24) is 5.32 Å². The van der Waals surface area contributed by atoms with Crippen LogP contribution in [0.1, 0.15) is 50.5 Å². The van der Waals surface area contributed by atoms with Crippen molar-refractivity contribution >= 4 is 0 Å². The molecule has 0 bridgehead atoms. The number of nitrogens with one attached hydrogen (secondary N) is 1. The molecule has 2 aliphatic carbocycles. The normalized spacial score (nSPS) is 28.8. The highest BCUT2D eigenvalue weighted by Crippen LogP contribution is 2.45. The summed E-state index contributed by atoms with van der Waals surface area (Å²) in [5.74, 6) is 1.20. The van der Waals surface area contributed by atoms with Gasteiger partial charge in [-0.1, -0.05) is 13.8 Å². The smallest absolute Gasteiger partial charge is 0.108 e. The average Bonchev–Trinajstić information content (AvgIpc) is 2.87. The molecule has 1 atom stereocenters. The molecule has 0 amide bonds. The third-order valence-corrected chi connectivity index (χ3v) is 3.85. The monoisotopic (exact) mass is 205 g/mol. The molecule has 0 aliphatic heterocycles. The van der Waals surface area contributed by atoms with Crippen LogP contribution in [0.5, 0.6) is 0 Å². The lowest BCUT2D eigenvalue weighted by Gasteiger charge is -2.38. The summed E-state index contributed by atoms with van der Waals surface area (Å²) in [4.78, 5) is 0. The zero-order valence-electron chi connectivity index (χ0n) is 9.55. The Morgan fingerprint density at radius 3 is 2.93 bits per heavy atom. The van der Waals surface area contributed by atoms with Gasteiger partial charge in [-0.3, -0.25) is 0 Å². The number of fused-ring (bicyclic) bond motifs is 1. The minimum atomic E-state index is 0.361. The quantitative estimate of drug-likeness (QED) is 0.802. The van der Waals surface area contributed by atoms with Crippen LogP contribution < -0.4 is 5.32 Å². The molecule has 2 nitrogen and oxygen atoms in total. The molecule has 2 heteroatoms. The van der Waals surface area contributed by atoms with Gasteiger partial charge in [0.25, 0.3) is 0 Å². The van der Waals surface area contributed by atoms with Crippen molar-refractivity contribution in [3.8, 4) is 0 Å². The second-order valence-corrected chi connectivity index (χ2v) is 5.66. The topological polar surface area (TPSA) is 25.2 Å². The minimum absolute atomic E-state index is 0.361. The van der Waals surface area contributed by atoms with Gasteiger partial charge >= 0.3 is 0 Å². The molecule has 0 radical (unpaired) electrons. The number of hydrogen-bond donors (Lipinski definition) is 1. The van der Waals surface area contributed by atoms with Crippen LogP contribution >= 0.6 is 0 Å². The second-order valence-electron chi connectivity index (χ2n) is 5.66. The summed E-state index contributed by atoms with van der Waals surface area (Å²) in [5, 5.41) is 3.77. The van der Waals surface area contributed by atoms with Crippen LogP contribution in [-0.2, 0) is 6.42 Å². The van der Waals surface area contributed by atoms with E-state index in [-0.39, 0.29) is 0 Å². The third-order valence-electron chi connectivity index (χ3n) is 3.85. The van der Waals surface area contributed by atoms with Crippen molar-refractivity contribution < 1.29 is 4.42 Å². The average molecular weight is 205 g/mol. The van der Waals surface area contributed by atoms with Gasteiger partial charge in [0, 0.05) is 24.1 Å². The summed E-state index contributed by atoms with van der Waals surface area (Å²) in [6, 6.07) is 3.40. The first-order valence-corrected chi connectivity index (χ1v) is 5.99. The molecule has 1 heterocycles. The van der Waals surface area contributed by atoms with E-state index in [1.807, 2.05) is 6.26 Å². The van der Waals surface area contributed by atoms with E-state index in [4.69, 9.17) is 4.42 Å². The van der Waals surface area contributed by atoms with Gasteiger partial charge < -0.3 is 9.73 Å². The summed E-state index contributed by atoms with van der Waals surface area (Å²) in [7, 11) is 0. The van der Waals surface area contributed by atoms with Crippen LogP contribution in [-0.4, -0.2) is 6.04 Å². The predicted octanol–water partition coefficient (Wildman–Crippen LogP) is 3.05. The molecule has 1 unspecified atom stereocenters. The zero-order chi connectivity index (χ0) is 10.5. The van der Waals surface area contributed by atoms with E-state index in [0.717, 1.165) is 12.5 Å². The van der Waals surface area contributed by atoms with Gasteiger partial charge in [-0.2, -0.15) is 0 Å². The van der Waals surface area contributed by atoms with Gasteiger partial charge in [0.15, 0.2) is 0 Å². The Hall–Kier alpha value is -0.760. The summed E-state index contributed by atoms with van der Waals surface area (Å²) in [5.41, 5.74) is 1.76.